The molecule has 2 rings (SSSR count). The molecule has 22 heavy (non-hydrogen) atoms. The third kappa shape index (κ3) is 3.79. The van der Waals surface area contributed by atoms with Gasteiger partial charge in [0, 0.05) is 39.3 Å². The van der Waals surface area contributed by atoms with Crippen LogP contribution in [0.5, 0.6) is 0 Å². The first-order valence-corrected chi connectivity index (χ1v) is 9.50. The number of nitrogens with two attached hydrogens (primary N) is 1. The highest BCUT2D eigenvalue weighted by Gasteiger charge is 2.35. The second-order valence-corrected chi connectivity index (χ2v) is 8.32. The van der Waals surface area contributed by atoms with E-state index in [4.69, 9.17) is 5.73 Å². The minimum Gasteiger partial charge on any atom is -0.368 e. The fraction of sp³-hybridized carbons (Fsp3) is 0.929. The molecule has 0 aromatic heterocycles. The van der Waals surface area contributed by atoms with Crippen molar-refractivity contribution >= 4 is 16.1 Å². The number of carbonyl (C=O) groups is 1. The number of piperazine rings is 1. The van der Waals surface area contributed by atoms with Crippen molar-refractivity contribution in [2.75, 3.05) is 33.2 Å². The molecule has 0 spiro atoms. The molecule has 2 aliphatic rings. The van der Waals surface area contributed by atoms with E-state index in [-0.39, 0.29) is 18.0 Å². The summed E-state index contributed by atoms with van der Waals surface area (Å²) in [6.45, 7) is 3.68. The van der Waals surface area contributed by atoms with Gasteiger partial charge in [0.05, 0.1) is 6.04 Å². The van der Waals surface area contributed by atoms with E-state index in [0.717, 1.165) is 25.7 Å². The Morgan fingerprint density at radius 2 is 1.68 bits per heavy atom. The van der Waals surface area contributed by atoms with E-state index in [1.165, 1.54) is 10.7 Å². The molecule has 0 radical (unpaired) electrons. The lowest BCUT2D eigenvalue weighted by molar-refractivity contribution is -0.123. The predicted octanol–water partition coefficient (Wildman–Crippen LogP) is -0.0129. The number of nitrogens with zero attached hydrogens (tertiary/aromatic N) is 3. The monoisotopic (exact) mass is 332 g/mol. The molecule has 1 heterocycles. The second-order valence-electron chi connectivity index (χ2n) is 6.33. The Balaban J connectivity index is 1.95. The van der Waals surface area contributed by atoms with Crippen molar-refractivity contribution < 1.29 is 13.2 Å². The molecular weight excluding hydrogens is 304 g/mol. The quantitative estimate of drug-likeness (QED) is 0.767. The molecule has 2 N–H and O–H groups in total. The average Bonchev–Trinajstić information content (AvgIpc) is 2.54. The van der Waals surface area contributed by atoms with Gasteiger partial charge in [-0.25, -0.2) is 0 Å². The van der Waals surface area contributed by atoms with Crippen molar-refractivity contribution in [3.8, 4) is 0 Å². The zero-order valence-electron chi connectivity index (χ0n) is 13.6. The Labute approximate surface area is 133 Å². The van der Waals surface area contributed by atoms with Gasteiger partial charge in [-0.1, -0.05) is 19.3 Å². The summed E-state index contributed by atoms with van der Waals surface area (Å²) in [7, 11) is -1.71. The van der Waals surface area contributed by atoms with Gasteiger partial charge in [0.15, 0.2) is 0 Å². The van der Waals surface area contributed by atoms with Crippen molar-refractivity contribution in [2.45, 2.75) is 51.1 Å². The first-order chi connectivity index (χ1) is 10.3. The van der Waals surface area contributed by atoms with Gasteiger partial charge in [-0.05, 0) is 19.8 Å². The normalized spacial score (nSPS) is 24.5. The van der Waals surface area contributed by atoms with E-state index >= 15 is 0 Å². The molecule has 0 unspecified atom stereocenters. The highest BCUT2D eigenvalue weighted by Crippen LogP contribution is 2.25. The minimum absolute atomic E-state index is 0.126. The molecule has 0 aromatic rings. The van der Waals surface area contributed by atoms with Gasteiger partial charge in [0.25, 0.3) is 10.2 Å². The van der Waals surface area contributed by atoms with E-state index in [2.05, 4.69) is 0 Å². The average molecular weight is 332 g/mol. The summed E-state index contributed by atoms with van der Waals surface area (Å²) in [6.07, 6.45) is 5.32. The number of rotatable bonds is 5. The minimum atomic E-state index is -3.41. The van der Waals surface area contributed by atoms with E-state index in [9.17, 15) is 13.2 Å². The highest BCUT2D eigenvalue weighted by atomic mass is 32.2. The van der Waals surface area contributed by atoms with Crippen LogP contribution in [0.4, 0.5) is 0 Å². The fourth-order valence-electron chi connectivity index (χ4n) is 3.32. The number of hydrogen-bond acceptors (Lipinski definition) is 4. The van der Waals surface area contributed by atoms with Crippen LogP contribution in [0.3, 0.4) is 0 Å². The number of hydrogen-bond donors (Lipinski definition) is 1. The van der Waals surface area contributed by atoms with E-state index in [0.29, 0.717) is 26.2 Å². The van der Waals surface area contributed by atoms with Gasteiger partial charge < -0.3 is 5.73 Å². The van der Waals surface area contributed by atoms with Crippen LogP contribution in [0.2, 0.25) is 0 Å². The molecule has 1 aliphatic heterocycles. The molecule has 2 fully saturated rings. The van der Waals surface area contributed by atoms with Gasteiger partial charge in [-0.2, -0.15) is 17.0 Å². The van der Waals surface area contributed by atoms with Crippen molar-refractivity contribution in [2.24, 2.45) is 5.73 Å². The molecule has 1 aliphatic carbocycles. The maximum Gasteiger partial charge on any atom is 0.282 e. The van der Waals surface area contributed by atoms with Gasteiger partial charge in [0.1, 0.15) is 0 Å². The zero-order chi connectivity index (χ0) is 16.3. The first-order valence-electron chi connectivity index (χ1n) is 8.10. The van der Waals surface area contributed by atoms with Crippen LogP contribution < -0.4 is 5.73 Å². The molecule has 0 bridgehead atoms. The largest absolute Gasteiger partial charge is 0.368 e. The van der Waals surface area contributed by atoms with Crippen LogP contribution in [0, 0.1) is 0 Å². The molecule has 1 amide bonds. The second kappa shape index (κ2) is 7.25. The number of carbonyl (C=O) groups excluding carboxylic acids is 1. The Hall–Kier alpha value is -0.700. The van der Waals surface area contributed by atoms with Crippen LogP contribution in [0.15, 0.2) is 0 Å². The number of primary amides is 1. The summed E-state index contributed by atoms with van der Waals surface area (Å²) >= 11 is 0. The first kappa shape index (κ1) is 17.7. The molecule has 1 saturated carbocycles. The summed E-state index contributed by atoms with van der Waals surface area (Å²) < 4.78 is 28.6. The Morgan fingerprint density at radius 1 is 1.14 bits per heavy atom. The van der Waals surface area contributed by atoms with E-state index in [1.807, 2.05) is 4.90 Å². The zero-order valence-corrected chi connectivity index (χ0v) is 14.4. The molecule has 0 aromatic carbocycles. The van der Waals surface area contributed by atoms with Gasteiger partial charge >= 0.3 is 0 Å². The van der Waals surface area contributed by atoms with E-state index in [1.54, 1.807) is 18.3 Å². The summed E-state index contributed by atoms with van der Waals surface area (Å²) in [6, 6.07) is -0.220. The third-order valence-electron chi connectivity index (χ3n) is 5.01. The maximum atomic E-state index is 12.7. The van der Waals surface area contributed by atoms with Gasteiger partial charge in [-0.3, -0.25) is 9.69 Å². The molecule has 7 nitrogen and oxygen atoms in total. The fourth-order valence-corrected chi connectivity index (χ4v) is 4.89. The SMILES string of the molecule is C[C@@H](C(N)=O)N1CCN(S(=O)(=O)N(C)C2CCCCC2)CC1. The van der Waals surface area contributed by atoms with Crippen LogP contribution in [0.25, 0.3) is 0 Å². The van der Waals surface area contributed by atoms with E-state index < -0.39 is 10.2 Å². The number of amides is 1. The summed E-state index contributed by atoms with van der Waals surface area (Å²) in [5, 5.41) is 0. The van der Waals surface area contributed by atoms with Crippen LogP contribution >= 0.6 is 0 Å². The Bertz CT molecular complexity index is 482. The standard InChI is InChI=1S/C14H28N4O3S/c1-12(14(15)19)17-8-10-18(11-9-17)22(20,21)16(2)13-6-4-3-5-7-13/h12-13H,3-11H2,1-2H3,(H2,15,19)/t12-/m0/s1. The summed E-state index contributed by atoms with van der Waals surface area (Å²) in [5.74, 6) is -0.365. The molecule has 8 heteroatoms. The van der Waals surface area contributed by atoms with Crippen molar-refractivity contribution in [1.29, 1.82) is 0 Å². The smallest absolute Gasteiger partial charge is 0.282 e. The molecule has 1 saturated heterocycles. The maximum absolute atomic E-state index is 12.7. The third-order valence-corrected chi connectivity index (χ3v) is 7.06. The van der Waals surface area contributed by atoms with Gasteiger partial charge in [-0.15, -0.1) is 0 Å². The van der Waals surface area contributed by atoms with Gasteiger partial charge in [0.2, 0.25) is 5.91 Å². The van der Waals surface area contributed by atoms with Crippen molar-refractivity contribution in [3.63, 3.8) is 0 Å². The summed E-state index contributed by atoms with van der Waals surface area (Å²) in [5.41, 5.74) is 5.31. The lowest BCUT2D eigenvalue weighted by Gasteiger charge is -2.39. The lowest BCUT2D eigenvalue weighted by atomic mass is 9.96. The predicted molar refractivity (Wildman–Crippen MR) is 85.4 cm³/mol. The lowest BCUT2D eigenvalue weighted by Crippen LogP contribution is -2.57. The van der Waals surface area contributed by atoms with Crippen LogP contribution in [-0.2, 0) is 15.0 Å². The molecule has 128 valence electrons. The molecule has 1 atom stereocenters. The Morgan fingerprint density at radius 3 is 2.18 bits per heavy atom. The van der Waals surface area contributed by atoms with Crippen molar-refractivity contribution in [1.82, 2.24) is 13.5 Å². The van der Waals surface area contributed by atoms with Crippen molar-refractivity contribution in [3.05, 3.63) is 0 Å². The van der Waals surface area contributed by atoms with Crippen LogP contribution in [0.1, 0.15) is 39.0 Å². The Kier molecular flexibility index (Phi) is 5.81. The highest BCUT2D eigenvalue weighted by molar-refractivity contribution is 7.86. The van der Waals surface area contributed by atoms with Crippen LogP contribution in [-0.4, -0.2) is 73.1 Å². The molecular formula is C14H28N4O3S. The topological polar surface area (TPSA) is 87.0 Å². The summed E-state index contributed by atoms with van der Waals surface area (Å²) in [4.78, 5) is 13.2.